The van der Waals surface area contributed by atoms with Gasteiger partial charge in [0.2, 0.25) is 0 Å². The number of rotatable bonds is 2. The molecule has 3 rings (SSSR count). The molecule has 1 aromatic rings. The van der Waals surface area contributed by atoms with Crippen molar-refractivity contribution in [1.82, 2.24) is 25.1 Å². The Morgan fingerprint density at radius 3 is 3.13 bits per heavy atom. The van der Waals surface area contributed by atoms with Crippen molar-refractivity contribution in [2.24, 2.45) is 7.05 Å². The Balaban J connectivity index is 1.79. The number of nitrogens with zero attached hydrogens (tertiary/aromatic N) is 5. The minimum atomic E-state index is 0.612. The van der Waals surface area contributed by atoms with Gasteiger partial charge in [-0.2, -0.15) is 0 Å². The number of hydrogen-bond acceptors (Lipinski definition) is 4. The summed E-state index contributed by atoms with van der Waals surface area (Å²) in [4.78, 5) is 2.52. The lowest BCUT2D eigenvalue weighted by molar-refractivity contribution is 0.192. The molecule has 5 nitrogen and oxygen atoms in total. The highest BCUT2D eigenvalue weighted by Crippen LogP contribution is 2.32. The van der Waals surface area contributed by atoms with Crippen LogP contribution >= 0.6 is 0 Å². The average Bonchev–Trinajstić information content (AvgIpc) is 2.71. The first kappa shape index (κ1) is 9.03. The molecule has 1 aromatic heterocycles. The average molecular weight is 205 g/mol. The predicted molar refractivity (Wildman–Crippen MR) is 54.9 cm³/mol. The SMILES string of the molecule is Cn1nnnc1CN1C2C=CCC1CC2. The van der Waals surface area contributed by atoms with Gasteiger partial charge < -0.3 is 0 Å². The summed E-state index contributed by atoms with van der Waals surface area (Å²) in [6.07, 6.45) is 8.41. The molecule has 1 fully saturated rings. The Kier molecular flexibility index (Phi) is 2.05. The second kappa shape index (κ2) is 3.41. The summed E-state index contributed by atoms with van der Waals surface area (Å²) in [6, 6.07) is 1.32. The van der Waals surface area contributed by atoms with E-state index in [1.165, 1.54) is 19.3 Å². The van der Waals surface area contributed by atoms with E-state index in [2.05, 4.69) is 32.6 Å². The standard InChI is InChI=1S/C10H15N5/c1-14-10(11-12-13-14)7-15-8-3-2-4-9(15)6-5-8/h2-3,8-9H,4-7H2,1H3. The first-order chi connectivity index (χ1) is 7.34. The molecule has 80 valence electrons. The van der Waals surface area contributed by atoms with E-state index < -0.39 is 0 Å². The molecule has 0 N–H and O–H groups in total. The molecule has 0 aliphatic carbocycles. The van der Waals surface area contributed by atoms with Crippen molar-refractivity contribution in [3.8, 4) is 0 Å². The van der Waals surface area contributed by atoms with Crippen molar-refractivity contribution in [1.29, 1.82) is 0 Å². The van der Waals surface area contributed by atoms with Crippen molar-refractivity contribution in [2.75, 3.05) is 0 Å². The van der Waals surface area contributed by atoms with Crippen LogP contribution in [0.25, 0.3) is 0 Å². The lowest BCUT2D eigenvalue weighted by Crippen LogP contribution is -2.37. The van der Waals surface area contributed by atoms with Crippen LogP contribution in [0.5, 0.6) is 0 Å². The number of tetrazole rings is 1. The molecule has 1 saturated heterocycles. The Morgan fingerprint density at radius 1 is 1.47 bits per heavy atom. The van der Waals surface area contributed by atoms with Crippen molar-refractivity contribution >= 4 is 0 Å². The van der Waals surface area contributed by atoms with Crippen LogP contribution in [0.15, 0.2) is 12.2 Å². The van der Waals surface area contributed by atoms with E-state index in [1.54, 1.807) is 4.68 Å². The van der Waals surface area contributed by atoms with E-state index in [-0.39, 0.29) is 0 Å². The number of fused-ring (bicyclic) bond motifs is 2. The van der Waals surface area contributed by atoms with Crippen LogP contribution in [0, 0.1) is 0 Å². The van der Waals surface area contributed by atoms with E-state index in [0.717, 1.165) is 12.4 Å². The predicted octanol–water partition coefficient (Wildman–Crippen LogP) is 0.503. The summed E-state index contributed by atoms with van der Waals surface area (Å²) >= 11 is 0. The lowest BCUT2D eigenvalue weighted by Gasteiger charge is -2.30. The zero-order chi connectivity index (χ0) is 10.3. The Morgan fingerprint density at radius 2 is 2.40 bits per heavy atom. The third kappa shape index (κ3) is 1.47. The highest BCUT2D eigenvalue weighted by Gasteiger charge is 2.34. The van der Waals surface area contributed by atoms with Gasteiger partial charge in [0.05, 0.1) is 6.54 Å². The third-order valence-electron chi connectivity index (χ3n) is 3.49. The first-order valence-electron chi connectivity index (χ1n) is 5.48. The first-order valence-corrected chi connectivity index (χ1v) is 5.48. The maximum absolute atomic E-state index is 4.04. The summed E-state index contributed by atoms with van der Waals surface area (Å²) in [5.41, 5.74) is 0. The van der Waals surface area contributed by atoms with Crippen LogP contribution in [-0.2, 0) is 13.6 Å². The summed E-state index contributed by atoms with van der Waals surface area (Å²) in [7, 11) is 1.90. The highest BCUT2D eigenvalue weighted by atomic mass is 15.5. The molecule has 0 amide bonds. The number of hydrogen-bond donors (Lipinski definition) is 0. The summed E-state index contributed by atoms with van der Waals surface area (Å²) in [5, 5.41) is 11.6. The Labute approximate surface area is 88.8 Å². The molecule has 15 heavy (non-hydrogen) atoms. The zero-order valence-corrected chi connectivity index (χ0v) is 8.87. The minimum absolute atomic E-state index is 0.612. The molecule has 0 spiro atoms. The van der Waals surface area contributed by atoms with Gasteiger partial charge in [-0.1, -0.05) is 12.2 Å². The third-order valence-corrected chi connectivity index (χ3v) is 3.49. The van der Waals surface area contributed by atoms with Gasteiger partial charge in [-0.25, -0.2) is 4.68 Å². The van der Waals surface area contributed by atoms with E-state index in [1.807, 2.05) is 7.05 Å². The van der Waals surface area contributed by atoms with Crippen molar-refractivity contribution in [3.05, 3.63) is 18.0 Å². The smallest absolute Gasteiger partial charge is 0.165 e. The van der Waals surface area contributed by atoms with Gasteiger partial charge in [0.15, 0.2) is 5.82 Å². The van der Waals surface area contributed by atoms with Crippen molar-refractivity contribution < 1.29 is 0 Å². The monoisotopic (exact) mass is 205 g/mol. The van der Waals surface area contributed by atoms with Crippen LogP contribution in [-0.4, -0.2) is 37.2 Å². The summed E-state index contributed by atoms with van der Waals surface area (Å²) in [6.45, 7) is 0.878. The van der Waals surface area contributed by atoms with Crippen molar-refractivity contribution in [3.63, 3.8) is 0 Å². The Bertz CT molecular complexity index is 383. The molecule has 3 heterocycles. The molecule has 2 aliphatic heterocycles. The molecule has 0 radical (unpaired) electrons. The second-order valence-corrected chi connectivity index (χ2v) is 4.35. The van der Waals surface area contributed by atoms with Crippen LogP contribution in [0.2, 0.25) is 0 Å². The van der Waals surface area contributed by atoms with Crippen LogP contribution < -0.4 is 0 Å². The minimum Gasteiger partial charge on any atom is -0.286 e. The van der Waals surface area contributed by atoms with Crippen LogP contribution in [0.3, 0.4) is 0 Å². The van der Waals surface area contributed by atoms with Crippen LogP contribution in [0.1, 0.15) is 25.1 Å². The topological polar surface area (TPSA) is 46.8 Å². The fourth-order valence-electron chi connectivity index (χ4n) is 2.61. The largest absolute Gasteiger partial charge is 0.286 e. The van der Waals surface area contributed by atoms with Gasteiger partial charge in [0.1, 0.15) is 0 Å². The van der Waals surface area contributed by atoms with Gasteiger partial charge in [0.25, 0.3) is 0 Å². The highest BCUT2D eigenvalue weighted by molar-refractivity contribution is 5.08. The van der Waals surface area contributed by atoms with Gasteiger partial charge in [0, 0.05) is 19.1 Å². The van der Waals surface area contributed by atoms with E-state index in [4.69, 9.17) is 0 Å². The quantitative estimate of drug-likeness (QED) is 0.660. The van der Waals surface area contributed by atoms with E-state index >= 15 is 0 Å². The summed E-state index contributed by atoms with van der Waals surface area (Å²) < 4.78 is 1.76. The van der Waals surface area contributed by atoms with Crippen LogP contribution in [0.4, 0.5) is 0 Å². The fraction of sp³-hybridized carbons (Fsp3) is 0.700. The van der Waals surface area contributed by atoms with Gasteiger partial charge in [-0.15, -0.1) is 5.10 Å². The second-order valence-electron chi connectivity index (χ2n) is 4.35. The Hall–Kier alpha value is -1.23. The molecule has 2 bridgehead atoms. The molecule has 2 aliphatic rings. The molecular weight excluding hydrogens is 190 g/mol. The number of aryl methyl sites for hydroxylation is 1. The maximum Gasteiger partial charge on any atom is 0.165 e. The molecule has 2 unspecified atom stereocenters. The number of aromatic nitrogens is 4. The maximum atomic E-state index is 4.04. The lowest BCUT2D eigenvalue weighted by atomic mass is 10.1. The molecule has 2 atom stereocenters. The van der Waals surface area contributed by atoms with Gasteiger partial charge in [-0.05, 0) is 29.7 Å². The van der Waals surface area contributed by atoms with E-state index in [9.17, 15) is 0 Å². The molecule has 5 heteroatoms. The van der Waals surface area contributed by atoms with Crippen molar-refractivity contribution in [2.45, 2.75) is 37.9 Å². The normalized spacial score (nSPS) is 29.9. The summed E-state index contributed by atoms with van der Waals surface area (Å²) in [5.74, 6) is 0.960. The molecular formula is C10H15N5. The molecule has 0 saturated carbocycles. The van der Waals surface area contributed by atoms with Gasteiger partial charge >= 0.3 is 0 Å². The zero-order valence-electron chi connectivity index (χ0n) is 8.87. The fourth-order valence-corrected chi connectivity index (χ4v) is 2.61. The molecule has 0 aromatic carbocycles. The van der Waals surface area contributed by atoms with Gasteiger partial charge in [-0.3, -0.25) is 4.90 Å². The van der Waals surface area contributed by atoms with E-state index in [0.29, 0.717) is 12.1 Å².